The molecule has 2 aromatic carbocycles. The van der Waals surface area contributed by atoms with Gasteiger partial charge in [0.1, 0.15) is 5.82 Å². The lowest BCUT2D eigenvalue weighted by molar-refractivity contribution is 0.356. The van der Waals surface area contributed by atoms with Gasteiger partial charge in [-0.25, -0.2) is 4.39 Å². The van der Waals surface area contributed by atoms with Gasteiger partial charge in [0.05, 0.1) is 0 Å². The Bertz CT molecular complexity index is 605. The van der Waals surface area contributed by atoms with Crippen LogP contribution in [0.2, 0.25) is 0 Å². The van der Waals surface area contributed by atoms with Crippen molar-refractivity contribution in [3.63, 3.8) is 0 Å². The number of benzene rings is 2. The predicted molar refractivity (Wildman–Crippen MR) is 62.5 cm³/mol. The normalized spacial score (nSPS) is 12.2. The first-order valence-electron chi connectivity index (χ1n) is 5.40. The maximum atomic E-state index is 13.4. The van der Waals surface area contributed by atoms with Gasteiger partial charge in [0.25, 0.3) is 0 Å². The molecule has 2 aromatic rings. The Kier molecular flexibility index (Phi) is 2.08. The molecule has 86 valence electrons. The lowest BCUT2D eigenvalue weighted by Crippen LogP contribution is -2.00. The number of halogens is 1. The van der Waals surface area contributed by atoms with Gasteiger partial charge in [-0.2, -0.15) is 0 Å². The summed E-state index contributed by atoms with van der Waals surface area (Å²) in [5.41, 5.74) is 1.64. The van der Waals surface area contributed by atoms with E-state index in [2.05, 4.69) is 0 Å². The van der Waals surface area contributed by atoms with Crippen molar-refractivity contribution >= 4 is 0 Å². The lowest BCUT2D eigenvalue weighted by Gasteiger charge is -2.21. The van der Waals surface area contributed by atoms with Crippen LogP contribution in [-0.2, 0) is 0 Å². The van der Waals surface area contributed by atoms with Crippen LogP contribution in [0.3, 0.4) is 0 Å². The first kappa shape index (κ1) is 10.1. The summed E-state index contributed by atoms with van der Waals surface area (Å²) in [4.78, 5) is 0. The van der Waals surface area contributed by atoms with E-state index in [0.717, 1.165) is 5.56 Å². The molecule has 0 amide bonds. The van der Waals surface area contributed by atoms with E-state index >= 15 is 0 Å². The summed E-state index contributed by atoms with van der Waals surface area (Å²) >= 11 is 0. The first-order chi connectivity index (χ1) is 8.13. The SMILES string of the molecule is Cc1ccc2c(c1)Oc1cc(C)c(F)cc1O2. The second-order valence-electron chi connectivity index (χ2n) is 4.20. The van der Waals surface area contributed by atoms with Gasteiger partial charge in [-0.05, 0) is 43.2 Å². The van der Waals surface area contributed by atoms with Crippen molar-refractivity contribution < 1.29 is 13.9 Å². The molecule has 0 aliphatic carbocycles. The fraction of sp³-hybridized carbons (Fsp3) is 0.143. The molecule has 1 heterocycles. The van der Waals surface area contributed by atoms with Crippen molar-refractivity contribution in [2.75, 3.05) is 0 Å². The van der Waals surface area contributed by atoms with E-state index in [0.29, 0.717) is 28.6 Å². The molecule has 0 saturated carbocycles. The molecule has 1 aliphatic heterocycles. The van der Waals surface area contributed by atoms with Crippen molar-refractivity contribution in [1.29, 1.82) is 0 Å². The van der Waals surface area contributed by atoms with E-state index in [1.165, 1.54) is 6.07 Å². The van der Waals surface area contributed by atoms with Crippen molar-refractivity contribution in [2.24, 2.45) is 0 Å². The molecule has 17 heavy (non-hydrogen) atoms. The predicted octanol–water partition coefficient (Wildman–Crippen LogP) is 4.34. The van der Waals surface area contributed by atoms with E-state index in [4.69, 9.17) is 9.47 Å². The molecule has 0 radical (unpaired) electrons. The molecule has 0 aromatic heterocycles. The quantitative estimate of drug-likeness (QED) is 0.572. The third-order valence-electron chi connectivity index (χ3n) is 2.76. The average Bonchev–Trinajstić information content (AvgIpc) is 2.28. The Hall–Kier alpha value is -2.03. The van der Waals surface area contributed by atoms with Crippen molar-refractivity contribution in [3.05, 3.63) is 47.3 Å². The van der Waals surface area contributed by atoms with Gasteiger partial charge in [0.15, 0.2) is 23.0 Å². The molecular formula is C14H11FO2. The number of hydrogen-bond donors (Lipinski definition) is 0. The van der Waals surface area contributed by atoms with Crippen LogP contribution in [0.4, 0.5) is 4.39 Å². The van der Waals surface area contributed by atoms with E-state index in [1.54, 1.807) is 13.0 Å². The Morgan fingerprint density at radius 1 is 0.824 bits per heavy atom. The zero-order valence-electron chi connectivity index (χ0n) is 9.58. The highest BCUT2D eigenvalue weighted by atomic mass is 19.1. The zero-order chi connectivity index (χ0) is 12.0. The summed E-state index contributed by atoms with van der Waals surface area (Å²) in [6.45, 7) is 3.68. The van der Waals surface area contributed by atoms with Crippen LogP contribution in [0.15, 0.2) is 30.3 Å². The Morgan fingerprint density at radius 2 is 1.47 bits per heavy atom. The molecule has 1 aliphatic rings. The lowest BCUT2D eigenvalue weighted by atomic mass is 10.1. The van der Waals surface area contributed by atoms with Crippen LogP contribution in [-0.4, -0.2) is 0 Å². The second kappa shape index (κ2) is 3.48. The van der Waals surface area contributed by atoms with Crippen molar-refractivity contribution in [1.82, 2.24) is 0 Å². The van der Waals surface area contributed by atoms with Crippen molar-refractivity contribution in [2.45, 2.75) is 13.8 Å². The van der Waals surface area contributed by atoms with E-state index in [9.17, 15) is 4.39 Å². The highest BCUT2D eigenvalue weighted by molar-refractivity contribution is 5.56. The molecule has 0 unspecified atom stereocenters. The second-order valence-corrected chi connectivity index (χ2v) is 4.20. The van der Waals surface area contributed by atoms with Gasteiger partial charge in [-0.1, -0.05) is 6.07 Å². The number of aryl methyl sites for hydroxylation is 2. The molecule has 0 N–H and O–H groups in total. The number of fused-ring (bicyclic) bond motifs is 2. The topological polar surface area (TPSA) is 18.5 Å². The van der Waals surface area contributed by atoms with Gasteiger partial charge in [0.2, 0.25) is 0 Å². The maximum Gasteiger partial charge on any atom is 0.173 e. The molecular weight excluding hydrogens is 219 g/mol. The molecule has 0 saturated heterocycles. The van der Waals surface area contributed by atoms with Gasteiger partial charge in [-0.15, -0.1) is 0 Å². The molecule has 0 bridgehead atoms. The summed E-state index contributed by atoms with van der Waals surface area (Å²) in [7, 11) is 0. The van der Waals surface area contributed by atoms with Crippen LogP contribution in [0, 0.1) is 19.7 Å². The third kappa shape index (κ3) is 1.64. The molecule has 0 atom stereocenters. The fourth-order valence-corrected chi connectivity index (χ4v) is 1.81. The van der Waals surface area contributed by atoms with Gasteiger partial charge < -0.3 is 9.47 Å². The minimum Gasteiger partial charge on any atom is -0.449 e. The highest BCUT2D eigenvalue weighted by Crippen LogP contribution is 2.46. The fourth-order valence-electron chi connectivity index (χ4n) is 1.81. The minimum atomic E-state index is -0.289. The van der Waals surface area contributed by atoms with Gasteiger partial charge in [-0.3, -0.25) is 0 Å². The Morgan fingerprint density at radius 3 is 2.29 bits per heavy atom. The summed E-state index contributed by atoms with van der Waals surface area (Å²) in [6, 6.07) is 8.66. The third-order valence-corrected chi connectivity index (χ3v) is 2.76. The Balaban J connectivity index is 2.11. The zero-order valence-corrected chi connectivity index (χ0v) is 9.58. The number of ether oxygens (including phenoxy) is 2. The largest absolute Gasteiger partial charge is 0.449 e. The maximum absolute atomic E-state index is 13.4. The smallest absolute Gasteiger partial charge is 0.173 e. The summed E-state index contributed by atoms with van der Waals surface area (Å²) in [5.74, 6) is 1.98. The van der Waals surface area contributed by atoms with E-state index in [1.807, 2.05) is 25.1 Å². The average molecular weight is 230 g/mol. The van der Waals surface area contributed by atoms with Crippen molar-refractivity contribution in [3.8, 4) is 23.0 Å². The first-order valence-corrected chi connectivity index (χ1v) is 5.40. The molecule has 2 nitrogen and oxygen atoms in total. The number of hydrogen-bond acceptors (Lipinski definition) is 2. The van der Waals surface area contributed by atoms with Crippen LogP contribution in [0.25, 0.3) is 0 Å². The summed E-state index contributed by atoms with van der Waals surface area (Å²) in [6.07, 6.45) is 0. The van der Waals surface area contributed by atoms with Gasteiger partial charge in [0, 0.05) is 6.07 Å². The molecule has 3 rings (SSSR count). The Labute approximate surface area is 98.6 Å². The standard InChI is InChI=1S/C14H11FO2/c1-8-3-4-11-12(5-8)17-13-6-9(2)10(15)7-14(13)16-11/h3-7H,1-2H3. The van der Waals surface area contributed by atoms with Crippen LogP contribution < -0.4 is 9.47 Å². The van der Waals surface area contributed by atoms with E-state index < -0.39 is 0 Å². The van der Waals surface area contributed by atoms with Crippen LogP contribution >= 0.6 is 0 Å². The molecule has 3 heteroatoms. The highest BCUT2D eigenvalue weighted by Gasteiger charge is 2.20. The molecule has 0 fully saturated rings. The minimum absolute atomic E-state index is 0.289. The summed E-state index contributed by atoms with van der Waals surface area (Å²) in [5, 5.41) is 0. The molecule has 0 spiro atoms. The van der Waals surface area contributed by atoms with E-state index in [-0.39, 0.29) is 5.82 Å². The van der Waals surface area contributed by atoms with Crippen LogP contribution in [0.5, 0.6) is 23.0 Å². The summed E-state index contributed by atoms with van der Waals surface area (Å²) < 4.78 is 24.7. The monoisotopic (exact) mass is 230 g/mol. The number of rotatable bonds is 0. The van der Waals surface area contributed by atoms with Gasteiger partial charge >= 0.3 is 0 Å². The van der Waals surface area contributed by atoms with Crippen LogP contribution in [0.1, 0.15) is 11.1 Å².